The summed E-state index contributed by atoms with van der Waals surface area (Å²) in [5.74, 6) is 2.49. The van der Waals surface area contributed by atoms with Gasteiger partial charge in [0.25, 0.3) is 11.4 Å². The summed E-state index contributed by atoms with van der Waals surface area (Å²) < 4.78 is 23.4. The molecule has 1 aliphatic heterocycles. The number of pyridine rings is 1. The molecule has 0 fully saturated rings. The molecule has 0 saturated heterocycles. The second-order valence-corrected chi connectivity index (χ2v) is 7.72. The molecule has 168 valence electrons. The fourth-order valence-corrected chi connectivity index (χ4v) is 3.74. The average molecular weight is 445 g/mol. The van der Waals surface area contributed by atoms with E-state index in [1.54, 1.807) is 23.9 Å². The third-order valence-corrected chi connectivity index (χ3v) is 5.41. The molecule has 0 spiro atoms. The summed E-state index contributed by atoms with van der Waals surface area (Å²) in [5, 5.41) is 4.13. The van der Waals surface area contributed by atoms with Crippen molar-refractivity contribution < 1.29 is 18.7 Å². The minimum absolute atomic E-state index is 0.119. The SMILES string of the molecule is COCCOc1cccc(Cn2cc(-c3noc(-c4ccc5c(c4)CCO5)n3)ccc2=O)c1. The van der Waals surface area contributed by atoms with Crippen LogP contribution < -0.4 is 15.0 Å². The molecule has 8 nitrogen and oxygen atoms in total. The summed E-state index contributed by atoms with van der Waals surface area (Å²) in [6.07, 6.45) is 2.61. The van der Waals surface area contributed by atoms with Gasteiger partial charge in [0.15, 0.2) is 0 Å². The molecule has 0 unspecified atom stereocenters. The van der Waals surface area contributed by atoms with Gasteiger partial charge in [-0.2, -0.15) is 4.98 Å². The molecule has 33 heavy (non-hydrogen) atoms. The molecular weight excluding hydrogens is 422 g/mol. The highest BCUT2D eigenvalue weighted by molar-refractivity contribution is 5.61. The first-order valence-corrected chi connectivity index (χ1v) is 10.7. The number of aromatic nitrogens is 3. The van der Waals surface area contributed by atoms with E-state index in [0.717, 1.165) is 34.6 Å². The molecule has 0 radical (unpaired) electrons. The Balaban J connectivity index is 1.36. The Morgan fingerprint density at radius 1 is 1.06 bits per heavy atom. The van der Waals surface area contributed by atoms with Crippen LogP contribution >= 0.6 is 0 Å². The van der Waals surface area contributed by atoms with E-state index in [-0.39, 0.29) is 5.56 Å². The Bertz CT molecular complexity index is 1330. The molecule has 3 heterocycles. The van der Waals surface area contributed by atoms with Crippen LogP contribution in [0.3, 0.4) is 0 Å². The molecule has 0 aliphatic carbocycles. The number of fused-ring (bicyclic) bond motifs is 1. The van der Waals surface area contributed by atoms with Crippen LogP contribution in [0.1, 0.15) is 11.1 Å². The van der Waals surface area contributed by atoms with E-state index in [9.17, 15) is 4.79 Å². The summed E-state index contributed by atoms with van der Waals surface area (Å²) in [7, 11) is 1.63. The molecule has 0 amide bonds. The quantitative estimate of drug-likeness (QED) is 0.383. The van der Waals surface area contributed by atoms with Crippen LogP contribution in [0, 0.1) is 0 Å². The molecule has 2 aromatic carbocycles. The lowest BCUT2D eigenvalue weighted by Gasteiger charge is -2.10. The normalized spacial score (nSPS) is 12.4. The molecule has 0 N–H and O–H groups in total. The van der Waals surface area contributed by atoms with E-state index in [0.29, 0.717) is 43.6 Å². The Morgan fingerprint density at radius 3 is 2.88 bits per heavy atom. The third kappa shape index (κ3) is 4.65. The Hall–Kier alpha value is -3.91. The highest BCUT2D eigenvalue weighted by Crippen LogP contribution is 2.30. The summed E-state index contributed by atoms with van der Waals surface area (Å²) in [6.45, 7) is 2.06. The van der Waals surface area contributed by atoms with Gasteiger partial charge < -0.3 is 23.3 Å². The smallest absolute Gasteiger partial charge is 0.258 e. The predicted molar refractivity (Wildman–Crippen MR) is 122 cm³/mol. The second kappa shape index (κ2) is 9.30. The maximum atomic E-state index is 12.5. The van der Waals surface area contributed by atoms with Crippen LogP contribution in [0.4, 0.5) is 0 Å². The highest BCUT2D eigenvalue weighted by Gasteiger charge is 2.16. The van der Waals surface area contributed by atoms with Crippen LogP contribution in [0.2, 0.25) is 0 Å². The van der Waals surface area contributed by atoms with Crippen molar-refractivity contribution in [1.29, 1.82) is 0 Å². The number of ether oxygens (including phenoxy) is 3. The molecule has 0 saturated carbocycles. The lowest BCUT2D eigenvalue weighted by molar-refractivity contribution is 0.146. The van der Waals surface area contributed by atoms with E-state index in [2.05, 4.69) is 10.1 Å². The van der Waals surface area contributed by atoms with E-state index >= 15 is 0 Å². The zero-order valence-corrected chi connectivity index (χ0v) is 18.2. The van der Waals surface area contributed by atoms with Crippen molar-refractivity contribution in [2.45, 2.75) is 13.0 Å². The maximum absolute atomic E-state index is 12.5. The summed E-state index contributed by atoms with van der Waals surface area (Å²) in [5.41, 5.74) is 3.50. The fourth-order valence-electron chi connectivity index (χ4n) is 3.74. The van der Waals surface area contributed by atoms with Gasteiger partial charge in [0, 0.05) is 36.9 Å². The van der Waals surface area contributed by atoms with Crippen LogP contribution in [-0.4, -0.2) is 41.6 Å². The van der Waals surface area contributed by atoms with E-state index < -0.39 is 0 Å². The highest BCUT2D eigenvalue weighted by atomic mass is 16.5. The van der Waals surface area contributed by atoms with E-state index in [4.69, 9.17) is 18.7 Å². The zero-order chi connectivity index (χ0) is 22.6. The van der Waals surface area contributed by atoms with Gasteiger partial charge in [0.1, 0.15) is 18.1 Å². The molecule has 0 bridgehead atoms. The topological polar surface area (TPSA) is 88.6 Å². The summed E-state index contributed by atoms with van der Waals surface area (Å²) in [4.78, 5) is 17.0. The monoisotopic (exact) mass is 445 g/mol. The van der Waals surface area contributed by atoms with E-state index in [1.807, 2.05) is 42.5 Å². The van der Waals surface area contributed by atoms with Gasteiger partial charge in [-0.05, 0) is 47.5 Å². The van der Waals surface area contributed by atoms with Crippen molar-refractivity contribution in [2.24, 2.45) is 0 Å². The predicted octanol–water partition coefficient (Wildman–Crippen LogP) is 3.57. The van der Waals surface area contributed by atoms with Crippen LogP contribution in [0.5, 0.6) is 11.5 Å². The van der Waals surface area contributed by atoms with Crippen molar-refractivity contribution in [3.8, 4) is 34.3 Å². The Labute approximate surface area is 190 Å². The molecule has 4 aromatic rings. The van der Waals surface area contributed by atoms with Crippen LogP contribution in [-0.2, 0) is 17.7 Å². The van der Waals surface area contributed by atoms with Gasteiger partial charge in [0.2, 0.25) is 5.82 Å². The Morgan fingerprint density at radius 2 is 1.97 bits per heavy atom. The number of hydrogen-bond donors (Lipinski definition) is 0. The van der Waals surface area contributed by atoms with Crippen molar-refractivity contribution in [2.75, 3.05) is 26.9 Å². The largest absolute Gasteiger partial charge is 0.493 e. The zero-order valence-electron chi connectivity index (χ0n) is 18.2. The van der Waals surface area contributed by atoms with Crippen LogP contribution in [0.15, 0.2) is 70.1 Å². The first-order chi connectivity index (χ1) is 16.2. The first kappa shape index (κ1) is 21.0. The molecule has 5 rings (SSSR count). The molecule has 0 atom stereocenters. The summed E-state index contributed by atoms with van der Waals surface area (Å²) in [6, 6.07) is 16.7. The molecule has 2 aromatic heterocycles. The number of methoxy groups -OCH3 is 1. The minimum Gasteiger partial charge on any atom is -0.493 e. The van der Waals surface area contributed by atoms with Gasteiger partial charge in [-0.25, -0.2) is 0 Å². The number of hydrogen-bond acceptors (Lipinski definition) is 7. The maximum Gasteiger partial charge on any atom is 0.258 e. The van der Waals surface area contributed by atoms with Gasteiger partial charge in [-0.1, -0.05) is 17.3 Å². The van der Waals surface area contributed by atoms with Gasteiger partial charge >= 0.3 is 0 Å². The molecule has 1 aliphatic rings. The lowest BCUT2D eigenvalue weighted by atomic mass is 10.1. The van der Waals surface area contributed by atoms with Gasteiger partial charge in [-0.15, -0.1) is 0 Å². The van der Waals surface area contributed by atoms with Crippen molar-refractivity contribution >= 4 is 0 Å². The minimum atomic E-state index is -0.119. The van der Waals surface area contributed by atoms with E-state index in [1.165, 1.54) is 6.07 Å². The summed E-state index contributed by atoms with van der Waals surface area (Å²) >= 11 is 0. The van der Waals surface area contributed by atoms with Crippen molar-refractivity contribution in [3.63, 3.8) is 0 Å². The standard InChI is InChI=1S/C25H23N3O5/c1-30-11-12-31-21-4-2-3-17(13-21)15-28-16-20(6-8-23(28)29)24-26-25(33-27-24)19-5-7-22-18(14-19)9-10-32-22/h2-8,13-14,16H,9-12,15H2,1H3. The second-order valence-electron chi connectivity index (χ2n) is 7.72. The fraction of sp³-hybridized carbons (Fsp3) is 0.240. The first-order valence-electron chi connectivity index (χ1n) is 10.7. The van der Waals surface area contributed by atoms with Crippen molar-refractivity contribution in [3.05, 3.63) is 82.3 Å². The van der Waals surface area contributed by atoms with Crippen molar-refractivity contribution in [1.82, 2.24) is 14.7 Å². The number of rotatable bonds is 8. The third-order valence-electron chi connectivity index (χ3n) is 5.41. The van der Waals surface area contributed by atoms with Gasteiger partial charge in [0.05, 0.1) is 19.8 Å². The number of nitrogens with zero attached hydrogens (tertiary/aromatic N) is 3. The number of benzene rings is 2. The average Bonchev–Trinajstić information content (AvgIpc) is 3.50. The Kier molecular flexibility index (Phi) is 5.91. The van der Waals surface area contributed by atoms with Crippen LogP contribution in [0.25, 0.3) is 22.8 Å². The lowest BCUT2D eigenvalue weighted by Crippen LogP contribution is -2.19. The molecule has 8 heteroatoms. The molecular formula is C25H23N3O5. The van der Waals surface area contributed by atoms with Gasteiger partial charge in [-0.3, -0.25) is 4.79 Å².